The summed E-state index contributed by atoms with van der Waals surface area (Å²) in [5.74, 6) is -165. The SMILES string of the molecule is FC(F)(F)C(F)(F)C(F)(F)C(F)(F)C(F)(F)C(F)(F)c1ccc(P(CCP(c2ccc(C(F)(F)C(F)(F)C(F)(F)C(F)(F)C(F)(F)C(F)(F)F)cc2)c2ccc(C(F)(F)C(F)(F)C(F)(F)C(F)(F)C(F)(F)C(F)(F)F)cc2)c2ccc(C(F)(F)C(F)(F)C(F)(F)C(F)(F)C(F)(F)C(F)(F)F)cc2)cc1. The van der Waals surface area contributed by atoms with Crippen molar-refractivity contribution in [3.05, 3.63) is 119 Å². The summed E-state index contributed by atoms with van der Waals surface area (Å²) in [5.41, 5.74) is -12.1. The van der Waals surface area contributed by atoms with E-state index in [0.717, 1.165) is 0 Å². The third-order valence-electron chi connectivity index (χ3n) is 14.4. The summed E-state index contributed by atoms with van der Waals surface area (Å²) in [6.45, 7) is 0. The molecule has 0 atom stereocenters. The maximum Gasteiger partial charge on any atom is 0.460 e. The molecule has 0 unspecified atom stereocenters. The van der Waals surface area contributed by atoms with Crippen molar-refractivity contribution in [2.45, 2.75) is 143 Å². The predicted molar refractivity (Wildman–Crippen MR) is 247 cm³/mol. The maximum absolute atomic E-state index is 15.3. The highest BCUT2D eigenvalue weighted by atomic mass is 31.1. The molecular formula is C50H20F52P2. The van der Waals surface area contributed by atoms with Crippen molar-refractivity contribution in [3.63, 3.8) is 0 Å². The van der Waals surface area contributed by atoms with E-state index in [9.17, 15) is 193 Å². The van der Waals surface area contributed by atoms with Crippen LogP contribution < -0.4 is 21.2 Å². The van der Waals surface area contributed by atoms with E-state index in [0.29, 0.717) is 0 Å². The Morgan fingerprint density at radius 1 is 0.144 bits per heavy atom. The molecule has 0 aliphatic heterocycles. The first-order chi connectivity index (χ1) is 45.3. The highest BCUT2D eigenvalue weighted by Crippen LogP contribution is 2.68. The van der Waals surface area contributed by atoms with Crippen molar-refractivity contribution in [2.75, 3.05) is 12.3 Å². The van der Waals surface area contributed by atoms with E-state index >= 15 is 35.1 Å². The van der Waals surface area contributed by atoms with Crippen LogP contribution in [-0.2, 0) is 23.7 Å². The smallest absolute Gasteiger partial charge is 0.194 e. The van der Waals surface area contributed by atoms with Crippen LogP contribution in [0.3, 0.4) is 0 Å². The standard InChI is InChI=1S/C50H20F52P2/c51-27(52,31(59,60)35(67,68)39(75,76)43(83,84)47(91,92)93)19-1-9-23(10-2-19)103(24-11-3-20(4-12-24)28(53,54)32(61,62)36(69,70)40(77,78)44(85,86)48(94,95)96)17-18-104(25-13-5-21(6-14-25)29(55,56)33(63,64)37(71,72)41(79,80)45(87,88)49(97,98)99)26-15-7-22(8-16-26)30(57,58)34(65,66)38(73,74)42(81,82)46(89,90)50(100,101)102/h1-16H,17-18H2. The average Bonchev–Trinajstić information content (AvgIpc) is 0.723. The quantitative estimate of drug-likeness (QED) is 0.0412. The number of benzene rings is 4. The Kier molecular flexibility index (Phi) is 22.5. The van der Waals surface area contributed by atoms with Crippen LogP contribution in [0.15, 0.2) is 97.1 Å². The summed E-state index contributed by atoms with van der Waals surface area (Å²) >= 11 is 0. The lowest BCUT2D eigenvalue weighted by atomic mass is 9.90. The molecule has 0 spiro atoms. The van der Waals surface area contributed by atoms with Crippen LogP contribution in [0.2, 0.25) is 0 Å². The number of alkyl halides is 52. The molecule has 0 heterocycles. The van der Waals surface area contributed by atoms with Crippen LogP contribution in [0.25, 0.3) is 0 Å². The van der Waals surface area contributed by atoms with E-state index in [1.165, 1.54) is 0 Å². The first-order valence-electron chi connectivity index (χ1n) is 25.1. The highest BCUT2D eigenvalue weighted by Gasteiger charge is 2.95. The minimum Gasteiger partial charge on any atom is -0.194 e. The summed E-state index contributed by atoms with van der Waals surface area (Å²) in [4.78, 5) is 0. The van der Waals surface area contributed by atoms with Crippen LogP contribution in [0.1, 0.15) is 22.3 Å². The number of halogens is 52. The second-order valence-corrected chi connectivity index (χ2v) is 25.6. The summed E-state index contributed by atoms with van der Waals surface area (Å²) in [6, 6.07) is -9.62. The molecule has 0 amide bonds. The van der Waals surface area contributed by atoms with Gasteiger partial charge in [0.05, 0.1) is 0 Å². The Morgan fingerprint density at radius 3 is 0.356 bits per heavy atom. The molecule has 0 bridgehead atoms. The van der Waals surface area contributed by atoms with Gasteiger partial charge in [-0.3, -0.25) is 0 Å². The minimum atomic E-state index is -8.65. The molecule has 0 aromatic heterocycles. The largest absolute Gasteiger partial charge is 0.460 e. The van der Waals surface area contributed by atoms with Gasteiger partial charge in [-0.2, -0.15) is 228 Å². The molecule has 594 valence electrons. The van der Waals surface area contributed by atoms with Crippen molar-refractivity contribution in [1.82, 2.24) is 0 Å². The van der Waals surface area contributed by atoms with Gasteiger partial charge in [-0.1, -0.05) is 97.1 Å². The normalized spacial score (nSPS) is 15.9. The fourth-order valence-corrected chi connectivity index (χ4v) is 13.5. The van der Waals surface area contributed by atoms with Crippen molar-refractivity contribution >= 4 is 37.1 Å². The Labute approximate surface area is 540 Å². The summed E-state index contributed by atoms with van der Waals surface area (Å²) in [5, 5.41) is -5.33. The highest BCUT2D eigenvalue weighted by molar-refractivity contribution is 7.76. The summed E-state index contributed by atoms with van der Waals surface area (Å²) in [6.07, 6.45) is -35.4. The van der Waals surface area contributed by atoms with Gasteiger partial charge in [0.1, 0.15) is 0 Å². The molecule has 0 fully saturated rings. The van der Waals surface area contributed by atoms with Crippen molar-refractivity contribution < 1.29 is 228 Å². The second kappa shape index (κ2) is 25.9. The first-order valence-corrected chi connectivity index (χ1v) is 28.2. The predicted octanol–water partition coefficient (Wildman–Crippen LogP) is 22.0. The van der Waals surface area contributed by atoms with E-state index in [1.807, 2.05) is 0 Å². The third-order valence-corrected chi connectivity index (χ3v) is 19.8. The van der Waals surface area contributed by atoms with Crippen LogP contribution in [0.5, 0.6) is 0 Å². The molecule has 4 aromatic carbocycles. The molecule has 4 rings (SSSR count). The van der Waals surface area contributed by atoms with Crippen LogP contribution in [0.4, 0.5) is 228 Å². The molecule has 54 heteroatoms. The van der Waals surface area contributed by atoms with Gasteiger partial charge in [0, 0.05) is 22.3 Å². The van der Waals surface area contributed by atoms with Crippen LogP contribution in [-0.4, -0.2) is 132 Å². The number of hydrogen-bond donors (Lipinski definition) is 0. The average molecular weight is 1670 g/mol. The zero-order valence-corrected chi connectivity index (χ0v) is 49.0. The maximum atomic E-state index is 15.3. The van der Waals surface area contributed by atoms with Gasteiger partial charge in [-0.15, -0.1) is 0 Å². The molecule has 4 aromatic rings. The Balaban J connectivity index is 2.12. The molecule has 0 saturated carbocycles. The summed E-state index contributed by atoms with van der Waals surface area (Å²) < 4.78 is 731. The van der Waals surface area contributed by atoms with Crippen molar-refractivity contribution in [1.29, 1.82) is 0 Å². The molecule has 0 N–H and O–H groups in total. The van der Waals surface area contributed by atoms with E-state index in [2.05, 4.69) is 0 Å². The topological polar surface area (TPSA) is 0 Å². The van der Waals surface area contributed by atoms with Gasteiger partial charge in [-0.05, 0) is 49.4 Å². The Morgan fingerprint density at radius 2 is 0.250 bits per heavy atom. The minimum absolute atomic E-state index is 0.365. The molecule has 0 saturated heterocycles. The van der Waals surface area contributed by atoms with Gasteiger partial charge in [0.15, 0.2) is 0 Å². The third kappa shape index (κ3) is 12.9. The Bertz CT molecular complexity index is 3170. The molecule has 0 aliphatic carbocycles. The molecule has 0 nitrogen and oxygen atoms in total. The van der Waals surface area contributed by atoms with Gasteiger partial charge in [0.25, 0.3) is 0 Å². The molecule has 0 aliphatic rings. The molecular weight excluding hydrogens is 1650 g/mol. The van der Waals surface area contributed by atoms with Gasteiger partial charge < -0.3 is 0 Å². The second-order valence-electron chi connectivity index (χ2n) is 21.0. The monoisotopic (exact) mass is 1670 g/mol. The van der Waals surface area contributed by atoms with Gasteiger partial charge in [-0.25, -0.2) is 0 Å². The Hall–Kier alpha value is -5.90. The zero-order chi connectivity index (χ0) is 82.5. The fraction of sp³-hybridized carbons (Fsp3) is 0.520. The van der Waals surface area contributed by atoms with Crippen molar-refractivity contribution in [2.24, 2.45) is 0 Å². The lowest BCUT2D eigenvalue weighted by molar-refractivity contribution is -0.441. The van der Waals surface area contributed by atoms with E-state index in [1.54, 1.807) is 0 Å². The lowest BCUT2D eigenvalue weighted by Gasteiger charge is -2.40. The van der Waals surface area contributed by atoms with Crippen LogP contribution in [0, 0.1) is 0 Å². The van der Waals surface area contributed by atoms with E-state index in [-0.39, 0.29) is 48.5 Å². The van der Waals surface area contributed by atoms with Gasteiger partial charge >= 0.3 is 143 Å². The molecule has 0 radical (unpaired) electrons. The fourth-order valence-electron chi connectivity index (χ4n) is 8.22. The summed E-state index contributed by atoms with van der Waals surface area (Å²) in [7, 11) is -7.37. The first kappa shape index (κ1) is 90.5. The number of hydrogen-bond acceptors (Lipinski definition) is 0. The number of rotatable bonds is 27. The van der Waals surface area contributed by atoms with Crippen molar-refractivity contribution in [3.8, 4) is 0 Å². The van der Waals surface area contributed by atoms with E-state index in [4.69, 9.17) is 0 Å². The van der Waals surface area contributed by atoms with Gasteiger partial charge in [0.2, 0.25) is 0 Å². The lowest BCUT2D eigenvalue weighted by Crippen LogP contribution is -2.69. The van der Waals surface area contributed by atoms with Crippen LogP contribution >= 0.6 is 15.8 Å². The molecule has 104 heavy (non-hydrogen) atoms. The zero-order valence-electron chi connectivity index (χ0n) is 47.2. The van der Waals surface area contributed by atoms with E-state index < -0.39 is 263 Å².